The fraction of sp³-hybridized carbons (Fsp3) is 0.154. The molecule has 7 heteroatoms. The summed E-state index contributed by atoms with van der Waals surface area (Å²) in [7, 11) is 0. The van der Waals surface area contributed by atoms with Crippen molar-refractivity contribution < 1.29 is 14.3 Å². The topological polar surface area (TPSA) is 101 Å². The maximum Gasteiger partial charge on any atom is 0.340 e. The summed E-state index contributed by atoms with van der Waals surface area (Å²) >= 11 is 0. The Morgan fingerprint density at radius 1 is 0.970 bits per heavy atom. The number of hydrogen-bond donors (Lipinski definition) is 2. The van der Waals surface area contributed by atoms with Crippen LogP contribution in [0.2, 0.25) is 0 Å². The monoisotopic (exact) mass is 441 g/mol. The molecule has 0 aliphatic heterocycles. The van der Waals surface area contributed by atoms with Crippen molar-refractivity contribution in [3.8, 4) is 11.1 Å². The van der Waals surface area contributed by atoms with E-state index in [0.29, 0.717) is 22.4 Å². The van der Waals surface area contributed by atoms with Gasteiger partial charge in [-0.25, -0.2) is 9.78 Å². The Kier molecular flexibility index (Phi) is 6.59. The van der Waals surface area contributed by atoms with E-state index in [1.807, 2.05) is 36.4 Å². The maximum absolute atomic E-state index is 12.6. The molecule has 0 unspecified atom stereocenters. The molecule has 1 aromatic heterocycles. The summed E-state index contributed by atoms with van der Waals surface area (Å²) in [6, 6.07) is 21.9. The van der Waals surface area contributed by atoms with Crippen LogP contribution in [0.5, 0.6) is 0 Å². The normalized spacial score (nSPS) is 10.7. The number of aromatic nitrogens is 2. The summed E-state index contributed by atoms with van der Waals surface area (Å²) in [5, 5.41) is 3.29. The highest BCUT2D eigenvalue weighted by atomic mass is 16.5. The van der Waals surface area contributed by atoms with Crippen LogP contribution < -0.4 is 10.9 Å². The molecule has 2 N–H and O–H groups in total. The number of aromatic amines is 1. The van der Waals surface area contributed by atoms with Gasteiger partial charge in [-0.15, -0.1) is 0 Å². The lowest BCUT2D eigenvalue weighted by Crippen LogP contribution is -2.18. The van der Waals surface area contributed by atoms with Gasteiger partial charge >= 0.3 is 5.97 Å². The molecule has 0 spiro atoms. The minimum atomic E-state index is -0.508. The van der Waals surface area contributed by atoms with Crippen molar-refractivity contribution in [3.05, 3.63) is 94.5 Å². The molecule has 1 heterocycles. The number of H-pyrrole nitrogens is 1. The van der Waals surface area contributed by atoms with E-state index < -0.39 is 5.97 Å². The fourth-order valence-corrected chi connectivity index (χ4v) is 3.54. The van der Waals surface area contributed by atoms with Gasteiger partial charge in [-0.05, 0) is 42.3 Å². The number of rotatable bonds is 7. The number of hydrogen-bond acceptors (Lipinski definition) is 5. The lowest BCUT2D eigenvalue weighted by Gasteiger charge is -2.13. The van der Waals surface area contributed by atoms with E-state index in [1.54, 1.807) is 43.3 Å². The molecular formula is C26H23N3O4. The van der Waals surface area contributed by atoms with Crippen molar-refractivity contribution in [2.24, 2.45) is 0 Å². The number of para-hydroxylation sites is 1. The average Bonchev–Trinajstić information content (AvgIpc) is 2.84. The van der Waals surface area contributed by atoms with E-state index in [-0.39, 0.29) is 36.5 Å². The standard InChI is InChI=1S/C26H23N3O4/c1-2-33-26(32)20-16-18(17-8-4-3-5-9-17)12-13-22(20)28-24(30)15-14-23-27-21-11-7-6-10-19(21)25(31)29-23/h3-13,16H,2,14-15H2,1H3,(H,28,30)(H,27,29,31). The fourth-order valence-electron chi connectivity index (χ4n) is 3.54. The van der Waals surface area contributed by atoms with Crippen LogP contribution in [0.3, 0.4) is 0 Å². The zero-order chi connectivity index (χ0) is 23.2. The first-order chi connectivity index (χ1) is 16.0. The van der Waals surface area contributed by atoms with Crippen LogP contribution in [0.15, 0.2) is 77.6 Å². The van der Waals surface area contributed by atoms with Gasteiger partial charge in [0.05, 0.1) is 28.8 Å². The van der Waals surface area contributed by atoms with Crippen LogP contribution in [-0.4, -0.2) is 28.5 Å². The molecule has 0 radical (unpaired) electrons. The third kappa shape index (κ3) is 5.15. The largest absolute Gasteiger partial charge is 0.462 e. The van der Waals surface area contributed by atoms with Crippen LogP contribution in [0, 0.1) is 0 Å². The van der Waals surface area contributed by atoms with Crippen LogP contribution in [0.4, 0.5) is 5.69 Å². The zero-order valence-electron chi connectivity index (χ0n) is 18.1. The van der Waals surface area contributed by atoms with E-state index in [9.17, 15) is 14.4 Å². The quantitative estimate of drug-likeness (QED) is 0.416. The van der Waals surface area contributed by atoms with Gasteiger partial charge < -0.3 is 15.0 Å². The molecule has 0 bridgehead atoms. The van der Waals surface area contributed by atoms with Crippen molar-refractivity contribution in [1.82, 2.24) is 9.97 Å². The number of esters is 1. The second-order valence-electron chi connectivity index (χ2n) is 7.42. The van der Waals surface area contributed by atoms with E-state index in [1.165, 1.54) is 0 Å². The summed E-state index contributed by atoms with van der Waals surface area (Å²) in [5.74, 6) is -0.381. The Labute approximate surface area is 190 Å². The van der Waals surface area contributed by atoms with E-state index in [4.69, 9.17) is 4.74 Å². The Bertz CT molecular complexity index is 1360. The summed E-state index contributed by atoms with van der Waals surface area (Å²) in [6.07, 6.45) is 0.340. The predicted octanol–water partition coefficient (Wildman–Crippen LogP) is 4.34. The Balaban J connectivity index is 1.52. The smallest absolute Gasteiger partial charge is 0.340 e. The second kappa shape index (κ2) is 9.91. The molecule has 0 saturated carbocycles. The molecule has 1 amide bonds. The highest BCUT2D eigenvalue weighted by Gasteiger charge is 2.16. The molecule has 0 atom stereocenters. The first-order valence-corrected chi connectivity index (χ1v) is 10.7. The predicted molar refractivity (Wildman–Crippen MR) is 127 cm³/mol. The lowest BCUT2D eigenvalue weighted by molar-refractivity contribution is -0.116. The van der Waals surface area contributed by atoms with Gasteiger partial charge in [0.25, 0.3) is 5.56 Å². The van der Waals surface area contributed by atoms with Gasteiger partial charge in [0.2, 0.25) is 5.91 Å². The molecule has 0 aliphatic rings. The molecule has 0 saturated heterocycles. The molecule has 7 nitrogen and oxygen atoms in total. The summed E-state index contributed by atoms with van der Waals surface area (Å²) in [5.41, 5.74) is 2.79. The number of carbonyl (C=O) groups excluding carboxylic acids is 2. The van der Waals surface area contributed by atoms with Gasteiger partial charge in [0.15, 0.2) is 0 Å². The number of nitrogens with zero attached hydrogens (tertiary/aromatic N) is 1. The Hall–Kier alpha value is -4.26. The number of carbonyl (C=O) groups is 2. The van der Waals surface area contributed by atoms with Crippen molar-refractivity contribution in [1.29, 1.82) is 0 Å². The van der Waals surface area contributed by atoms with Gasteiger partial charge in [-0.3, -0.25) is 9.59 Å². The van der Waals surface area contributed by atoms with E-state index >= 15 is 0 Å². The number of nitrogens with one attached hydrogen (secondary N) is 2. The Morgan fingerprint density at radius 3 is 2.52 bits per heavy atom. The second-order valence-corrected chi connectivity index (χ2v) is 7.42. The molecule has 4 aromatic rings. The number of anilines is 1. The molecular weight excluding hydrogens is 418 g/mol. The minimum Gasteiger partial charge on any atom is -0.462 e. The SMILES string of the molecule is CCOC(=O)c1cc(-c2ccccc2)ccc1NC(=O)CCc1nc2ccccc2c(=O)[nH]1. The van der Waals surface area contributed by atoms with Gasteiger partial charge in [-0.2, -0.15) is 0 Å². The number of aryl methyl sites for hydroxylation is 1. The summed E-state index contributed by atoms with van der Waals surface area (Å²) < 4.78 is 5.18. The highest BCUT2D eigenvalue weighted by Crippen LogP contribution is 2.26. The van der Waals surface area contributed by atoms with Crippen molar-refractivity contribution >= 4 is 28.5 Å². The summed E-state index contributed by atoms with van der Waals surface area (Å²) in [4.78, 5) is 44.5. The average molecular weight is 441 g/mol. The van der Waals surface area contributed by atoms with Gasteiger partial charge in [0, 0.05) is 12.8 Å². The molecule has 166 valence electrons. The number of fused-ring (bicyclic) bond motifs is 1. The Morgan fingerprint density at radius 2 is 1.73 bits per heavy atom. The van der Waals surface area contributed by atoms with Crippen LogP contribution in [-0.2, 0) is 16.0 Å². The van der Waals surface area contributed by atoms with Crippen LogP contribution >= 0.6 is 0 Å². The molecule has 0 fully saturated rings. The van der Waals surface area contributed by atoms with E-state index in [0.717, 1.165) is 11.1 Å². The third-order valence-corrected chi connectivity index (χ3v) is 5.15. The van der Waals surface area contributed by atoms with E-state index in [2.05, 4.69) is 15.3 Å². The maximum atomic E-state index is 12.6. The number of amides is 1. The molecule has 0 aliphatic carbocycles. The first-order valence-electron chi connectivity index (χ1n) is 10.7. The highest BCUT2D eigenvalue weighted by molar-refractivity contribution is 6.02. The van der Waals surface area contributed by atoms with Crippen molar-refractivity contribution in [2.45, 2.75) is 19.8 Å². The third-order valence-electron chi connectivity index (χ3n) is 5.15. The summed E-state index contributed by atoms with van der Waals surface area (Å²) in [6.45, 7) is 1.96. The number of ether oxygens (including phenoxy) is 1. The van der Waals surface area contributed by atoms with Gasteiger partial charge in [-0.1, -0.05) is 48.5 Å². The van der Waals surface area contributed by atoms with Gasteiger partial charge in [0.1, 0.15) is 5.82 Å². The molecule has 4 rings (SSSR count). The minimum absolute atomic E-state index is 0.0873. The number of benzene rings is 3. The van der Waals surface area contributed by atoms with Crippen LogP contribution in [0.25, 0.3) is 22.0 Å². The van der Waals surface area contributed by atoms with Crippen molar-refractivity contribution in [2.75, 3.05) is 11.9 Å². The lowest BCUT2D eigenvalue weighted by atomic mass is 10.0. The van der Waals surface area contributed by atoms with Crippen LogP contribution in [0.1, 0.15) is 29.5 Å². The molecule has 33 heavy (non-hydrogen) atoms. The zero-order valence-corrected chi connectivity index (χ0v) is 18.1. The van der Waals surface area contributed by atoms with Crippen molar-refractivity contribution in [3.63, 3.8) is 0 Å². The molecule has 3 aromatic carbocycles. The first kappa shape index (κ1) is 22.0.